The first-order chi connectivity index (χ1) is 7.84. The topological polar surface area (TPSA) is 25.2 Å². The Bertz CT molecular complexity index is 547. The quantitative estimate of drug-likeness (QED) is 0.681. The molecule has 0 saturated carbocycles. The number of hydrogen-bond acceptors (Lipinski definition) is 2. The molecule has 0 fully saturated rings. The first-order valence-corrected chi connectivity index (χ1v) is 5.68. The molecular formula is C14H15N2Y-. The van der Waals surface area contributed by atoms with Crippen LogP contribution in [0.5, 0.6) is 0 Å². The van der Waals surface area contributed by atoms with Gasteiger partial charge in [-0.3, -0.25) is 4.99 Å². The van der Waals surface area contributed by atoms with E-state index in [2.05, 4.69) is 22.2 Å². The van der Waals surface area contributed by atoms with E-state index in [4.69, 9.17) is 0 Å². The van der Waals surface area contributed by atoms with Crippen molar-refractivity contribution in [3.63, 3.8) is 0 Å². The molecule has 85 valence electrons. The fourth-order valence-corrected chi connectivity index (χ4v) is 1.89. The van der Waals surface area contributed by atoms with Crippen LogP contribution in [-0.2, 0) is 39.1 Å². The van der Waals surface area contributed by atoms with Crippen molar-refractivity contribution in [2.24, 2.45) is 4.99 Å². The molecular weight excluding hydrogens is 285 g/mol. The summed E-state index contributed by atoms with van der Waals surface area (Å²) in [4.78, 5) is 8.66. The number of pyridine rings is 1. The van der Waals surface area contributed by atoms with Crippen LogP contribution in [0, 0.1) is 6.20 Å². The van der Waals surface area contributed by atoms with Gasteiger partial charge in [0.1, 0.15) is 0 Å². The van der Waals surface area contributed by atoms with E-state index in [0.29, 0.717) is 0 Å². The van der Waals surface area contributed by atoms with Crippen molar-refractivity contribution in [3.8, 4) is 0 Å². The molecule has 3 rings (SSSR count). The predicted molar refractivity (Wildman–Crippen MR) is 68.4 cm³/mol. The van der Waals surface area contributed by atoms with Crippen LogP contribution < -0.4 is 0 Å². The number of fused-ring (bicyclic) bond motifs is 3. The van der Waals surface area contributed by atoms with E-state index in [1.54, 1.807) is 0 Å². The van der Waals surface area contributed by atoms with Crippen molar-refractivity contribution in [3.05, 3.63) is 36.0 Å². The SMILES string of the molecule is CC.CC1=Nc2[c-]nc3ccccc3c2C1.[Y]. The summed E-state index contributed by atoms with van der Waals surface area (Å²) in [6, 6.07) is 8.15. The van der Waals surface area contributed by atoms with Gasteiger partial charge in [-0.05, 0) is 24.5 Å². The first-order valence-electron chi connectivity index (χ1n) is 5.68. The van der Waals surface area contributed by atoms with Crippen molar-refractivity contribution in [2.45, 2.75) is 27.2 Å². The Kier molecular flexibility index (Phi) is 5.42. The second-order valence-corrected chi connectivity index (χ2v) is 3.59. The van der Waals surface area contributed by atoms with Gasteiger partial charge < -0.3 is 4.98 Å². The minimum Gasteiger partial charge on any atom is -0.384 e. The zero-order chi connectivity index (χ0) is 11.5. The third kappa shape index (κ3) is 2.81. The predicted octanol–water partition coefficient (Wildman–Crippen LogP) is 3.71. The zero-order valence-electron chi connectivity index (χ0n) is 10.5. The summed E-state index contributed by atoms with van der Waals surface area (Å²) < 4.78 is 0. The van der Waals surface area contributed by atoms with Gasteiger partial charge in [-0.25, -0.2) is 0 Å². The zero-order valence-corrected chi connectivity index (χ0v) is 13.3. The minimum absolute atomic E-state index is 0. The van der Waals surface area contributed by atoms with Crippen molar-refractivity contribution in [1.29, 1.82) is 0 Å². The van der Waals surface area contributed by atoms with Crippen LogP contribution in [0.1, 0.15) is 26.3 Å². The molecule has 1 aliphatic heterocycles. The molecule has 2 aromatic rings. The van der Waals surface area contributed by atoms with E-state index < -0.39 is 0 Å². The summed E-state index contributed by atoms with van der Waals surface area (Å²) in [5, 5.41) is 1.21. The Morgan fingerprint density at radius 1 is 1.18 bits per heavy atom. The molecule has 1 radical (unpaired) electrons. The molecule has 0 bridgehead atoms. The summed E-state index contributed by atoms with van der Waals surface area (Å²) in [6.07, 6.45) is 3.92. The summed E-state index contributed by atoms with van der Waals surface area (Å²) in [5.41, 5.74) is 4.35. The Morgan fingerprint density at radius 3 is 2.65 bits per heavy atom. The average molecular weight is 300 g/mol. The normalized spacial score (nSPS) is 12.1. The van der Waals surface area contributed by atoms with E-state index >= 15 is 0 Å². The molecule has 0 spiro atoms. The van der Waals surface area contributed by atoms with Crippen LogP contribution in [0.2, 0.25) is 0 Å². The van der Waals surface area contributed by atoms with E-state index in [1.807, 2.05) is 39.0 Å². The maximum Gasteiger partial charge on any atom is 0.00599 e. The number of hydrogen-bond donors (Lipinski definition) is 0. The molecule has 1 aliphatic rings. The van der Waals surface area contributed by atoms with Crippen LogP contribution in [0.4, 0.5) is 5.69 Å². The monoisotopic (exact) mass is 300 g/mol. The number of rotatable bonds is 0. The van der Waals surface area contributed by atoms with Gasteiger partial charge in [-0.15, -0.1) is 10.9 Å². The van der Waals surface area contributed by atoms with Gasteiger partial charge >= 0.3 is 0 Å². The molecule has 2 heterocycles. The molecule has 0 atom stereocenters. The van der Waals surface area contributed by atoms with Crippen molar-refractivity contribution < 1.29 is 32.7 Å². The number of para-hydroxylation sites is 1. The second-order valence-electron chi connectivity index (χ2n) is 3.59. The smallest absolute Gasteiger partial charge is 0.00599 e. The number of aromatic nitrogens is 1. The van der Waals surface area contributed by atoms with Gasteiger partial charge in [0.2, 0.25) is 0 Å². The molecule has 3 heteroatoms. The van der Waals surface area contributed by atoms with Crippen LogP contribution >= 0.6 is 0 Å². The molecule has 1 aromatic carbocycles. The Balaban J connectivity index is 0.000000459. The van der Waals surface area contributed by atoms with Crippen molar-refractivity contribution in [1.82, 2.24) is 4.98 Å². The Morgan fingerprint density at radius 2 is 1.88 bits per heavy atom. The number of benzene rings is 1. The Hall–Kier alpha value is -0.596. The van der Waals surface area contributed by atoms with Gasteiger partial charge in [-0.2, -0.15) is 0 Å². The maximum absolute atomic E-state index is 4.40. The van der Waals surface area contributed by atoms with Gasteiger partial charge in [-0.1, -0.05) is 44.3 Å². The maximum atomic E-state index is 4.40. The largest absolute Gasteiger partial charge is 0.384 e. The number of aliphatic imine (C=N–C) groups is 1. The van der Waals surface area contributed by atoms with E-state index in [9.17, 15) is 0 Å². The fraction of sp³-hybridized carbons (Fsp3) is 0.286. The van der Waals surface area contributed by atoms with E-state index in [-0.39, 0.29) is 32.7 Å². The second kappa shape index (κ2) is 6.37. The Labute approximate surface area is 127 Å². The van der Waals surface area contributed by atoms with Crippen molar-refractivity contribution in [2.75, 3.05) is 0 Å². The summed E-state index contributed by atoms with van der Waals surface area (Å²) >= 11 is 0. The van der Waals surface area contributed by atoms with Crippen LogP contribution in [0.25, 0.3) is 10.9 Å². The molecule has 2 nitrogen and oxygen atoms in total. The third-order valence-electron chi connectivity index (χ3n) is 2.53. The van der Waals surface area contributed by atoms with E-state index in [1.165, 1.54) is 10.9 Å². The molecule has 0 amide bonds. The molecule has 0 unspecified atom stereocenters. The summed E-state index contributed by atoms with van der Waals surface area (Å²) in [7, 11) is 0. The first kappa shape index (κ1) is 14.5. The standard InChI is InChI=1S/C12H9N2.C2H6.Y/c1-8-6-10-9-4-2-3-5-11(9)13-7-12(10)14-8;1-2;/h2-5H,6H2,1H3;1-2H3;/q-1;;. The van der Waals surface area contributed by atoms with Gasteiger partial charge in [0.05, 0.1) is 0 Å². The van der Waals surface area contributed by atoms with Crippen LogP contribution in [0.15, 0.2) is 29.3 Å². The minimum atomic E-state index is 0. The third-order valence-corrected chi connectivity index (χ3v) is 2.53. The van der Waals surface area contributed by atoms with Gasteiger partial charge in [0.25, 0.3) is 0 Å². The van der Waals surface area contributed by atoms with Gasteiger partial charge in [0, 0.05) is 38.4 Å². The molecule has 0 N–H and O–H groups in total. The van der Waals surface area contributed by atoms with Gasteiger partial charge in [0.15, 0.2) is 0 Å². The molecule has 0 saturated heterocycles. The molecule has 17 heavy (non-hydrogen) atoms. The van der Waals surface area contributed by atoms with Crippen molar-refractivity contribution >= 4 is 22.3 Å². The molecule has 1 aromatic heterocycles. The average Bonchev–Trinajstić information content (AvgIpc) is 2.72. The van der Waals surface area contributed by atoms with Crippen LogP contribution in [0.3, 0.4) is 0 Å². The summed E-state index contributed by atoms with van der Waals surface area (Å²) in [5.74, 6) is 0. The number of nitrogens with zero attached hydrogens (tertiary/aromatic N) is 2. The summed E-state index contributed by atoms with van der Waals surface area (Å²) in [6.45, 7) is 6.04. The van der Waals surface area contributed by atoms with E-state index in [0.717, 1.165) is 23.3 Å². The fourth-order valence-electron chi connectivity index (χ4n) is 1.89. The molecule has 0 aliphatic carbocycles. The van der Waals surface area contributed by atoms with Crippen LogP contribution in [-0.4, -0.2) is 10.7 Å².